The minimum atomic E-state index is -3.78. The number of nitrogens with one attached hydrogen (secondary N) is 2. The molecule has 10 nitrogen and oxygen atoms in total. The van der Waals surface area contributed by atoms with Crippen molar-refractivity contribution in [2.75, 3.05) is 33.4 Å². The predicted molar refractivity (Wildman–Crippen MR) is 174 cm³/mol. The third-order valence-electron chi connectivity index (χ3n) is 6.10. The number of carbonyl (C=O) groups is 1. The van der Waals surface area contributed by atoms with E-state index in [0.717, 1.165) is 18.6 Å². The normalized spacial score (nSPS) is 12.5. The van der Waals surface area contributed by atoms with Crippen LogP contribution in [0.15, 0.2) is 53.4 Å². The van der Waals surface area contributed by atoms with Gasteiger partial charge in [0, 0.05) is 33.4 Å². The molecule has 1 fully saturated rings. The molecule has 0 heterocycles. The monoisotopic (exact) mass is 627 g/mol. The van der Waals surface area contributed by atoms with Crippen LogP contribution in [0.25, 0.3) is 0 Å². The van der Waals surface area contributed by atoms with Gasteiger partial charge in [-0.05, 0) is 62.3 Å². The molecule has 0 saturated heterocycles. The van der Waals surface area contributed by atoms with Crippen LogP contribution in [-0.4, -0.2) is 73.3 Å². The maximum atomic E-state index is 12.6. The van der Waals surface area contributed by atoms with E-state index in [4.69, 9.17) is 15.3 Å². The van der Waals surface area contributed by atoms with Crippen molar-refractivity contribution >= 4 is 16.1 Å². The second-order valence-corrected chi connectivity index (χ2v) is 12.3. The highest BCUT2D eigenvalue weighted by molar-refractivity contribution is 7.89. The number of carboxylic acid groups (broad SMARTS) is 1. The molecule has 0 spiro atoms. The number of aryl methyl sites for hydroxylation is 2. The molecule has 1 aliphatic rings. The van der Waals surface area contributed by atoms with E-state index >= 15 is 0 Å². The predicted octanol–water partition coefficient (Wildman–Crippen LogP) is 5.09. The molecule has 248 valence electrons. The number of hydrogen-bond acceptors (Lipinski definition) is 7. The summed E-state index contributed by atoms with van der Waals surface area (Å²) >= 11 is 0. The maximum absolute atomic E-state index is 12.6. The summed E-state index contributed by atoms with van der Waals surface area (Å²) in [4.78, 5) is 13.1. The number of aliphatic hydroxyl groups excluding tert-OH is 3. The van der Waals surface area contributed by atoms with Gasteiger partial charge >= 0.3 is 6.09 Å². The summed E-state index contributed by atoms with van der Waals surface area (Å²) in [6.45, 7) is 13.0. The van der Waals surface area contributed by atoms with E-state index in [-0.39, 0.29) is 30.6 Å². The highest BCUT2D eigenvalue weighted by Crippen LogP contribution is 2.23. The van der Waals surface area contributed by atoms with E-state index in [9.17, 15) is 18.3 Å². The Morgan fingerprint density at radius 3 is 1.98 bits per heavy atom. The molecular formula is C32H57N3O7S. The Bertz CT molecular complexity index is 1060. The van der Waals surface area contributed by atoms with Crippen LogP contribution in [-0.2, 0) is 16.6 Å². The molecule has 43 heavy (non-hydrogen) atoms. The Labute approximate surface area is 260 Å². The molecule has 2 aromatic rings. The number of rotatable bonds is 10. The zero-order valence-electron chi connectivity index (χ0n) is 27.2. The lowest BCUT2D eigenvalue weighted by molar-refractivity contribution is 0.189. The van der Waals surface area contributed by atoms with Crippen LogP contribution >= 0.6 is 0 Å². The summed E-state index contributed by atoms with van der Waals surface area (Å²) in [5.41, 5.74) is 2.70. The van der Waals surface area contributed by atoms with Gasteiger partial charge in [0.1, 0.15) is 0 Å². The summed E-state index contributed by atoms with van der Waals surface area (Å²) < 4.78 is 25.2. The highest BCUT2D eigenvalue weighted by Gasteiger charge is 2.20. The number of hydrazine groups is 1. The second-order valence-electron chi connectivity index (χ2n) is 10.6. The Morgan fingerprint density at radius 1 is 1.02 bits per heavy atom. The standard InChI is InChI=1S/C16H27N3O5S.C7H8.C6H12.C2H6O.CH4O/c1-12(2)10-19(8-4-7-17-16(21)22)18-25(23,24)15-6-5-13(3)14(9-15)11-20;1-7-5-3-2-4-6-7;1-6-4-2-3-5-6;1-2-3;1-2/h5-6,9,12,17-18,20H,4,7-8,10-11H2,1-3H3,(H,21,22);2-6H,1H3;6H,2-5H2,1H3;3H,2H2,1H3;2H,1H3. The van der Waals surface area contributed by atoms with Crippen LogP contribution in [0.3, 0.4) is 0 Å². The minimum Gasteiger partial charge on any atom is -0.465 e. The van der Waals surface area contributed by atoms with E-state index < -0.39 is 16.1 Å². The Morgan fingerprint density at radius 2 is 1.58 bits per heavy atom. The third-order valence-corrected chi connectivity index (χ3v) is 7.47. The first-order valence-corrected chi connectivity index (χ1v) is 16.4. The molecular weight excluding hydrogens is 570 g/mol. The zero-order chi connectivity index (χ0) is 33.3. The molecule has 11 heteroatoms. The van der Waals surface area contributed by atoms with Crippen molar-refractivity contribution in [3.05, 3.63) is 65.2 Å². The maximum Gasteiger partial charge on any atom is 0.404 e. The van der Waals surface area contributed by atoms with E-state index in [2.05, 4.69) is 36.1 Å². The van der Waals surface area contributed by atoms with Gasteiger partial charge in [-0.3, -0.25) is 0 Å². The Kier molecular flexibility index (Phi) is 25.7. The van der Waals surface area contributed by atoms with E-state index in [1.807, 2.05) is 32.0 Å². The average Bonchev–Trinajstić information content (AvgIpc) is 3.44. The van der Waals surface area contributed by atoms with Crippen molar-refractivity contribution < 1.29 is 33.6 Å². The van der Waals surface area contributed by atoms with E-state index in [1.54, 1.807) is 24.9 Å². The first-order valence-electron chi connectivity index (χ1n) is 14.9. The molecule has 3 rings (SSSR count). The van der Waals surface area contributed by atoms with Gasteiger partial charge in [0.15, 0.2) is 0 Å². The van der Waals surface area contributed by atoms with Crippen molar-refractivity contribution in [1.29, 1.82) is 0 Å². The molecule has 1 aliphatic carbocycles. The highest BCUT2D eigenvalue weighted by atomic mass is 32.2. The first-order chi connectivity index (χ1) is 20.4. The Balaban J connectivity index is 0. The van der Waals surface area contributed by atoms with Gasteiger partial charge in [0.05, 0.1) is 11.5 Å². The number of aliphatic hydroxyl groups is 3. The summed E-state index contributed by atoms with van der Waals surface area (Å²) in [7, 11) is -2.78. The van der Waals surface area contributed by atoms with Gasteiger partial charge in [0.2, 0.25) is 0 Å². The van der Waals surface area contributed by atoms with Gasteiger partial charge in [-0.25, -0.2) is 18.2 Å². The van der Waals surface area contributed by atoms with Crippen molar-refractivity contribution in [2.24, 2.45) is 11.8 Å². The molecule has 6 N–H and O–H groups in total. The molecule has 0 unspecified atom stereocenters. The lowest BCUT2D eigenvalue weighted by atomic mass is 10.1. The van der Waals surface area contributed by atoms with Gasteiger partial charge in [0.25, 0.3) is 10.0 Å². The van der Waals surface area contributed by atoms with Gasteiger partial charge < -0.3 is 25.7 Å². The van der Waals surface area contributed by atoms with Crippen LogP contribution < -0.4 is 10.1 Å². The molecule has 0 bridgehead atoms. The summed E-state index contributed by atoms with van der Waals surface area (Å²) in [5.74, 6) is 1.27. The largest absolute Gasteiger partial charge is 0.465 e. The van der Waals surface area contributed by atoms with Crippen LogP contribution in [0.1, 0.15) is 76.5 Å². The number of hydrogen-bond donors (Lipinski definition) is 6. The number of sulfonamides is 1. The van der Waals surface area contributed by atoms with Gasteiger partial charge in [-0.2, -0.15) is 0 Å². The smallest absolute Gasteiger partial charge is 0.404 e. The molecule has 0 aromatic heterocycles. The SMILES string of the molecule is CC1CCCC1.CCO.CO.Cc1ccc(S(=O)(=O)NN(CCCNC(=O)O)CC(C)C)cc1CO.Cc1ccccc1. The molecule has 1 amide bonds. The second kappa shape index (κ2) is 25.9. The molecule has 2 aromatic carbocycles. The van der Waals surface area contributed by atoms with Gasteiger partial charge in [-0.15, -0.1) is 4.83 Å². The van der Waals surface area contributed by atoms with Crippen LogP contribution in [0, 0.1) is 25.7 Å². The topological polar surface area (TPSA) is 159 Å². The fourth-order valence-corrected chi connectivity index (χ4v) is 5.11. The van der Waals surface area contributed by atoms with Crippen molar-refractivity contribution in [3.63, 3.8) is 0 Å². The lowest BCUT2D eigenvalue weighted by Crippen LogP contribution is -2.45. The van der Waals surface area contributed by atoms with Crippen molar-refractivity contribution in [1.82, 2.24) is 15.2 Å². The fourth-order valence-electron chi connectivity index (χ4n) is 3.95. The van der Waals surface area contributed by atoms with Crippen LogP contribution in [0.5, 0.6) is 0 Å². The zero-order valence-corrected chi connectivity index (χ0v) is 28.0. The fraction of sp³-hybridized carbons (Fsp3) is 0.594. The van der Waals surface area contributed by atoms with Gasteiger partial charge in [-0.1, -0.05) is 88.4 Å². The summed E-state index contributed by atoms with van der Waals surface area (Å²) in [5, 5.41) is 36.3. The summed E-state index contributed by atoms with van der Waals surface area (Å²) in [6, 6.07) is 14.9. The van der Waals surface area contributed by atoms with E-state index in [1.165, 1.54) is 43.4 Å². The van der Waals surface area contributed by atoms with Crippen molar-refractivity contribution in [2.45, 2.75) is 85.1 Å². The molecule has 0 aliphatic heterocycles. The Hall–Kier alpha value is -2.54. The first kappa shape index (κ1) is 42.6. The van der Waals surface area contributed by atoms with E-state index in [0.29, 0.717) is 25.1 Å². The minimum absolute atomic E-state index is 0.0829. The quantitative estimate of drug-likeness (QED) is 0.157. The number of benzene rings is 2. The average molecular weight is 628 g/mol. The number of nitrogens with zero attached hydrogens (tertiary/aromatic N) is 1. The lowest BCUT2D eigenvalue weighted by Gasteiger charge is -2.25. The summed E-state index contributed by atoms with van der Waals surface area (Å²) in [6.07, 6.45) is 5.31. The molecule has 0 radical (unpaired) electrons. The number of amides is 1. The molecule has 0 atom stereocenters. The third kappa shape index (κ3) is 22.6. The van der Waals surface area contributed by atoms with Crippen LogP contribution in [0.2, 0.25) is 0 Å². The van der Waals surface area contributed by atoms with Crippen molar-refractivity contribution in [3.8, 4) is 0 Å². The van der Waals surface area contributed by atoms with Crippen LogP contribution in [0.4, 0.5) is 4.79 Å². The molecule has 1 saturated carbocycles.